The standard InChI is InChI=1S/C31H27N3O4/c1-22(23-9-4-2-5-10-23)33-31(38)30(26-13-8-20-32-21-26)34(28(35)18-19-29(36)37)27-16-14-25(15-17-27)24-11-6-3-7-12-24/h2-22,30H,1H3,(H,33,38)(H,36,37)/b19-18+. The number of nitrogens with one attached hydrogen (secondary N) is 1. The number of carbonyl (C=O) groups is 3. The highest BCUT2D eigenvalue weighted by Gasteiger charge is 2.33. The number of hydrogen-bond acceptors (Lipinski definition) is 4. The third-order valence-electron chi connectivity index (χ3n) is 6.02. The molecule has 0 saturated heterocycles. The fourth-order valence-electron chi connectivity index (χ4n) is 4.14. The molecule has 0 fully saturated rings. The van der Waals surface area contributed by atoms with E-state index in [1.165, 1.54) is 11.1 Å². The van der Waals surface area contributed by atoms with Gasteiger partial charge < -0.3 is 10.4 Å². The fourth-order valence-corrected chi connectivity index (χ4v) is 4.14. The quantitative estimate of drug-likeness (QED) is 0.299. The van der Waals surface area contributed by atoms with E-state index in [9.17, 15) is 14.4 Å². The van der Waals surface area contributed by atoms with E-state index in [0.29, 0.717) is 11.3 Å². The van der Waals surface area contributed by atoms with Crippen molar-refractivity contribution in [1.29, 1.82) is 0 Å². The average Bonchev–Trinajstić information content (AvgIpc) is 2.96. The lowest BCUT2D eigenvalue weighted by atomic mass is 10.0. The van der Waals surface area contributed by atoms with Crippen molar-refractivity contribution >= 4 is 23.5 Å². The number of benzene rings is 3. The molecule has 7 heteroatoms. The number of carboxylic acid groups (broad SMARTS) is 1. The first-order valence-corrected chi connectivity index (χ1v) is 12.1. The Hall–Kier alpha value is -5.04. The van der Waals surface area contributed by atoms with Crippen LogP contribution in [0, 0.1) is 0 Å². The van der Waals surface area contributed by atoms with Crippen LogP contribution in [0.1, 0.15) is 30.1 Å². The van der Waals surface area contributed by atoms with Gasteiger partial charge in [-0.05, 0) is 41.8 Å². The van der Waals surface area contributed by atoms with Gasteiger partial charge in [-0.3, -0.25) is 19.5 Å². The van der Waals surface area contributed by atoms with E-state index in [1.807, 2.05) is 79.7 Å². The monoisotopic (exact) mass is 505 g/mol. The largest absolute Gasteiger partial charge is 0.478 e. The van der Waals surface area contributed by atoms with Crippen LogP contribution in [0.4, 0.5) is 5.69 Å². The van der Waals surface area contributed by atoms with Crippen LogP contribution in [0.25, 0.3) is 11.1 Å². The second-order valence-electron chi connectivity index (χ2n) is 8.62. The summed E-state index contributed by atoms with van der Waals surface area (Å²) in [6.45, 7) is 1.86. The Balaban J connectivity index is 1.76. The maximum absolute atomic E-state index is 13.8. The average molecular weight is 506 g/mol. The van der Waals surface area contributed by atoms with Gasteiger partial charge in [0.15, 0.2) is 0 Å². The van der Waals surface area contributed by atoms with Crippen LogP contribution < -0.4 is 10.2 Å². The molecule has 1 aromatic heterocycles. The van der Waals surface area contributed by atoms with Crippen molar-refractivity contribution < 1.29 is 19.5 Å². The minimum absolute atomic E-state index is 0.338. The first-order valence-electron chi connectivity index (χ1n) is 12.1. The molecule has 190 valence electrons. The van der Waals surface area contributed by atoms with Crippen LogP contribution in [0.5, 0.6) is 0 Å². The number of pyridine rings is 1. The molecular weight excluding hydrogens is 478 g/mol. The lowest BCUT2D eigenvalue weighted by Crippen LogP contribution is -2.44. The molecule has 0 aliphatic carbocycles. The van der Waals surface area contributed by atoms with Gasteiger partial charge in [0.2, 0.25) is 5.91 Å². The van der Waals surface area contributed by atoms with Crippen molar-refractivity contribution in [3.05, 3.63) is 133 Å². The third kappa shape index (κ3) is 6.39. The Bertz CT molecular complexity index is 1410. The predicted octanol–water partition coefficient (Wildman–Crippen LogP) is 5.34. The summed E-state index contributed by atoms with van der Waals surface area (Å²) in [6, 6.07) is 28.4. The summed E-state index contributed by atoms with van der Waals surface area (Å²) in [5.41, 5.74) is 3.75. The number of carboxylic acids is 1. The first kappa shape index (κ1) is 26.0. The number of carbonyl (C=O) groups excluding carboxylic acids is 2. The molecule has 2 N–H and O–H groups in total. The number of aliphatic carboxylic acids is 1. The van der Waals surface area contributed by atoms with Crippen LogP contribution in [0.3, 0.4) is 0 Å². The summed E-state index contributed by atoms with van der Waals surface area (Å²) in [5.74, 6) is -2.35. The van der Waals surface area contributed by atoms with Gasteiger partial charge in [-0.15, -0.1) is 0 Å². The van der Waals surface area contributed by atoms with Gasteiger partial charge in [0.05, 0.1) is 6.04 Å². The highest BCUT2D eigenvalue weighted by atomic mass is 16.4. The maximum atomic E-state index is 13.8. The van der Waals surface area contributed by atoms with Gasteiger partial charge in [-0.1, -0.05) is 78.9 Å². The van der Waals surface area contributed by atoms with Crippen molar-refractivity contribution in [3.8, 4) is 11.1 Å². The maximum Gasteiger partial charge on any atom is 0.328 e. The third-order valence-corrected chi connectivity index (χ3v) is 6.02. The molecule has 4 aromatic rings. The van der Waals surface area contributed by atoms with E-state index < -0.39 is 23.8 Å². The van der Waals surface area contributed by atoms with Gasteiger partial charge in [0.25, 0.3) is 5.91 Å². The fraction of sp³-hybridized carbons (Fsp3) is 0.0968. The summed E-state index contributed by atoms with van der Waals surface area (Å²) in [6.07, 6.45) is 4.82. The number of anilines is 1. The van der Waals surface area contributed by atoms with Gasteiger partial charge >= 0.3 is 5.97 Å². The molecule has 2 unspecified atom stereocenters. The van der Waals surface area contributed by atoms with E-state index in [4.69, 9.17) is 5.11 Å². The molecule has 3 aromatic carbocycles. The van der Waals surface area contributed by atoms with Crippen LogP contribution in [0.15, 0.2) is 122 Å². The topological polar surface area (TPSA) is 99.6 Å². The first-order chi connectivity index (χ1) is 18.4. The molecule has 0 saturated carbocycles. The van der Waals surface area contributed by atoms with Crippen LogP contribution in [-0.4, -0.2) is 27.9 Å². The van der Waals surface area contributed by atoms with E-state index in [2.05, 4.69) is 10.3 Å². The molecule has 4 rings (SSSR count). The molecule has 2 amide bonds. The molecule has 7 nitrogen and oxygen atoms in total. The number of amides is 2. The van der Waals surface area contributed by atoms with E-state index >= 15 is 0 Å². The van der Waals surface area contributed by atoms with E-state index in [0.717, 1.165) is 28.8 Å². The summed E-state index contributed by atoms with van der Waals surface area (Å²) < 4.78 is 0. The van der Waals surface area contributed by atoms with E-state index in [-0.39, 0.29) is 6.04 Å². The summed E-state index contributed by atoms with van der Waals surface area (Å²) in [4.78, 5) is 43.9. The van der Waals surface area contributed by atoms with Crippen LogP contribution in [-0.2, 0) is 14.4 Å². The molecule has 0 spiro atoms. The summed E-state index contributed by atoms with van der Waals surface area (Å²) >= 11 is 0. The minimum Gasteiger partial charge on any atom is -0.478 e. The molecule has 0 aliphatic rings. The zero-order chi connectivity index (χ0) is 26.9. The highest BCUT2D eigenvalue weighted by Crippen LogP contribution is 2.31. The molecule has 0 radical (unpaired) electrons. The zero-order valence-corrected chi connectivity index (χ0v) is 20.8. The summed E-state index contributed by atoms with van der Waals surface area (Å²) in [7, 11) is 0. The van der Waals surface area contributed by atoms with Gasteiger partial charge in [0.1, 0.15) is 6.04 Å². The highest BCUT2D eigenvalue weighted by molar-refractivity contribution is 6.08. The smallest absolute Gasteiger partial charge is 0.328 e. The Morgan fingerprint density at radius 1 is 0.789 bits per heavy atom. The molecule has 2 atom stereocenters. The molecular formula is C31H27N3O4. The van der Waals surface area contributed by atoms with Gasteiger partial charge in [-0.2, -0.15) is 0 Å². The number of nitrogens with zero attached hydrogens (tertiary/aromatic N) is 2. The SMILES string of the molecule is CC(NC(=O)C(c1cccnc1)N(C(=O)/C=C/C(=O)O)c1ccc(-c2ccccc2)cc1)c1ccccc1. The second-order valence-corrected chi connectivity index (χ2v) is 8.62. The van der Waals surface area contributed by atoms with Crippen molar-refractivity contribution in [3.63, 3.8) is 0 Å². The second kappa shape index (κ2) is 12.3. The van der Waals surface area contributed by atoms with Gasteiger partial charge in [0, 0.05) is 35.8 Å². The molecule has 1 heterocycles. The van der Waals surface area contributed by atoms with E-state index in [1.54, 1.807) is 30.5 Å². The van der Waals surface area contributed by atoms with Gasteiger partial charge in [-0.25, -0.2) is 4.79 Å². The Morgan fingerprint density at radius 3 is 2.00 bits per heavy atom. The zero-order valence-electron chi connectivity index (χ0n) is 20.8. The van der Waals surface area contributed by atoms with Crippen molar-refractivity contribution in [2.45, 2.75) is 19.0 Å². The van der Waals surface area contributed by atoms with Crippen molar-refractivity contribution in [1.82, 2.24) is 10.3 Å². The Kier molecular flexibility index (Phi) is 8.41. The number of rotatable bonds is 9. The Labute approximate surface area is 221 Å². The predicted molar refractivity (Wildman–Crippen MR) is 146 cm³/mol. The molecule has 38 heavy (non-hydrogen) atoms. The van der Waals surface area contributed by atoms with Crippen molar-refractivity contribution in [2.24, 2.45) is 0 Å². The lowest BCUT2D eigenvalue weighted by Gasteiger charge is -2.31. The number of hydrogen-bond donors (Lipinski definition) is 2. The minimum atomic E-state index is -1.27. The lowest BCUT2D eigenvalue weighted by molar-refractivity contribution is -0.131. The Morgan fingerprint density at radius 2 is 1.39 bits per heavy atom. The normalized spacial score (nSPS) is 12.4. The van der Waals surface area contributed by atoms with Crippen LogP contribution in [0.2, 0.25) is 0 Å². The number of aromatic nitrogens is 1. The summed E-state index contributed by atoms with van der Waals surface area (Å²) in [5, 5.41) is 12.1. The molecule has 0 aliphatic heterocycles. The molecule has 0 bridgehead atoms. The van der Waals surface area contributed by atoms with Crippen LogP contribution >= 0.6 is 0 Å². The van der Waals surface area contributed by atoms with Crippen molar-refractivity contribution in [2.75, 3.05) is 4.90 Å².